The highest BCUT2D eigenvalue weighted by atomic mass is 32.1. The van der Waals surface area contributed by atoms with Crippen molar-refractivity contribution in [2.45, 2.75) is 44.8 Å². The maximum Gasteiger partial charge on any atom is 0.256 e. The molecule has 0 spiro atoms. The Morgan fingerprint density at radius 1 is 0.882 bits per heavy atom. The van der Waals surface area contributed by atoms with Crippen LogP contribution in [0, 0.1) is 0 Å². The lowest BCUT2D eigenvalue weighted by Gasteiger charge is -2.18. The molecule has 2 heterocycles. The fourth-order valence-electron chi connectivity index (χ4n) is 3.75. The summed E-state index contributed by atoms with van der Waals surface area (Å²) in [5.74, 6) is -1.85. The molecule has 178 valence electrons. The average molecular weight is 480 g/mol. The number of ether oxygens (including phenoxy) is 2. The van der Waals surface area contributed by atoms with Gasteiger partial charge in [-0.25, -0.2) is 0 Å². The number of hydrogen-bond acceptors (Lipinski definition) is 6. The second kappa shape index (κ2) is 10.8. The Morgan fingerprint density at radius 3 is 2.26 bits per heavy atom. The number of carbonyl (C=O) groups is 2. The van der Waals surface area contributed by atoms with Crippen LogP contribution >= 0.6 is 11.3 Å². The summed E-state index contributed by atoms with van der Waals surface area (Å²) in [5, 5.41) is 11.1. The van der Waals surface area contributed by atoms with Crippen molar-refractivity contribution >= 4 is 34.5 Å². The van der Waals surface area contributed by atoms with Gasteiger partial charge in [0.15, 0.2) is 18.0 Å². The topological polar surface area (TPSA) is 88.7 Å². The molecule has 34 heavy (non-hydrogen) atoms. The van der Waals surface area contributed by atoms with Crippen molar-refractivity contribution in [3.63, 3.8) is 0 Å². The molecule has 0 aliphatic carbocycles. The van der Waals surface area contributed by atoms with Gasteiger partial charge in [-0.05, 0) is 49.4 Å². The number of para-hydroxylation sites is 2. The molecular weight excluding hydrogens is 450 g/mol. The Hall–Kier alpha value is -3.20. The second-order valence-electron chi connectivity index (χ2n) is 8.47. The third-order valence-corrected chi connectivity index (χ3v) is 6.31. The standard InChI is InChI=1S/C26H29N3O4S/c1-26(2)32-22(24(30)27-15-14-19-11-8-16-34-19)23(33-26)25(31)29-21-13-7-6-12-20(21)28-17-18-9-4-3-5-10-18/h3-13,16,22-23,28H,14-15,17H2,1-2H3,(H,27,30)(H,29,31)/t22-,23-/m1/s1. The summed E-state index contributed by atoms with van der Waals surface area (Å²) >= 11 is 1.64. The van der Waals surface area contributed by atoms with Crippen LogP contribution in [-0.2, 0) is 32.0 Å². The van der Waals surface area contributed by atoms with E-state index in [-0.39, 0.29) is 5.91 Å². The van der Waals surface area contributed by atoms with Gasteiger partial charge in [0.05, 0.1) is 11.4 Å². The predicted molar refractivity (Wildman–Crippen MR) is 134 cm³/mol. The number of nitrogens with one attached hydrogen (secondary N) is 3. The molecule has 0 unspecified atom stereocenters. The van der Waals surface area contributed by atoms with Crippen molar-refractivity contribution < 1.29 is 19.1 Å². The van der Waals surface area contributed by atoms with Crippen LogP contribution in [0.1, 0.15) is 24.3 Å². The molecule has 0 radical (unpaired) electrons. The first kappa shape index (κ1) is 23.9. The summed E-state index contributed by atoms with van der Waals surface area (Å²) in [5.41, 5.74) is 2.50. The molecule has 4 rings (SSSR count). The fraction of sp³-hybridized carbons (Fsp3) is 0.308. The van der Waals surface area contributed by atoms with Crippen molar-refractivity contribution in [2.75, 3.05) is 17.2 Å². The zero-order valence-corrected chi connectivity index (χ0v) is 20.1. The number of rotatable bonds is 9. The zero-order valence-electron chi connectivity index (χ0n) is 19.2. The Balaban J connectivity index is 1.40. The molecule has 2 aromatic carbocycles. The van der Waals surface area contributed by atoms with Crippen LogP contribution in [0.5, 0.6) is 0 Å². The van der Waals surface area contributed by atoms with E-state index in [9.17, 15) is 9.59 Å². The number of hydrogen-bond donors (Lipinski definition) is 3. The van der Waals surface area contributed by atoms with E-state index in [1.54, 1.807) is 25.2 Å². The molecule has 1 aliphatic rings. The molecular formula is C26H29N3O4S. The van der Waals surface area contributed by atoms with E-state index in [0.29, 0.717) is 18.8 Å². The lowest BCUT2D eigenvalue weighted by Crippen LogP contribution is -2.46. The third kappa shape index (κ3) is 6.22. The molecule has 3 aromatic rings. The Morgan fingerprint density at radius 2 is 1.56 bits per heavy atom. The molecule has 7 nitrogen and oxygen atoms in total. The van der Waals surface area contributed by atoms with E-state index in [0.717, 1.165) is 17.7 Å². The van der Waals surface area contributed by atoms with Gasteiger partial charge in [-0.15, -0.1) is 11.3 Å². The molecule has 2 atom stereocenters. The van der Waals surface area contributed by atoms with Crippen LogP contribution in [-0.4, -0.2) is 36.4 Å². The van der Waals surface area contributed by atoms with Crippen LogP contribution < -0.4 is 16.0 Å². The van der Waals surface area contributed by atoms with Gasteiger partial charge in [0, 0.05) is 18.0 Å². The molecule has 0 bridgehead atoms. The molecule has 3 N–H and O–H groups in total. The monoisotopic (exact) mass is 479 g/mol. The van der Waals surface area contributed by atoms with E-state index in [1.165, 1.54) is 4.88 Å². The Bertz CT molecular complexity index is 1100. The van der Waals surface area contributed by atoms with Gasteiger partial charge >= 0.3 is 0 Å². The van der Waals surface area contributed by atoms with Crippen LogP contribution in [0.15, 0.2) is 72.1 Å². The van der Waals surface area contributed by atoms with Gasteiger partial charge < -0.3 is 25.4 Å². The second-order valence-corrected chi connectivity index (χ2v) is 9.50. The summed E-state index contributed by atoms with van der Waals surface area (Å²) in [6.07, 6.45) is -1.39. The van der Waals surface area contributed by atoms with E-state index >= 15 is 0 Å². The SMILES string of the molecule is CC1(C)O[C@@H](C(=O)NCCc2cccs2)[C@H](C(=O)Nc2ccccc2NCc2ccccc2)O1. The van der Waals surface area contributed by atoms with Crippen LogP contribution in [0.25, 0.3) is 0 Å². The first-order valence-corrected chi connectivity index (χ1v) is 12.1. The molecule has 1 saturated heterocycles. The number of carbonyl (C=O) groups excluding carboxylic acids is 2. The van der Waals surface area contributed by atoms with E-state index < -0.39 is 23.9 Å². The van der Waals surface area contributed by atoms with Crippen molar-refractivity contribution in [3.05, 3.63) is 82.6 Å². The van der Waals surface area contributed by atoms with Crippen molar-refractivity contribution in [3.8, 4) is 0 Å². The minimum absolute atomic E-state index is 0.363. The van der Waals surface area contributed by atoms with Crippen molar-refractivity contribution in [1.29, 1.82) is 0 Å². The van der Waals surface area contributed by atoms with Crippen LogP contribution in [0.4, 0.5) is 11.4 Å². The van der Waals surface area contributed by atoms with Gasteiger partial charge in [0.25, 0.3) is 11.8 Å². The summed E-state index contributed by atoms with van der Waals surface area (Å²) in [7, 11) is 0. The molecule has 1 fully saturated rings. The van der Waals surface area contributed by atoms with Gasteiger partial charge in [-0.3, -0.25) is 9.59 Å². The van der Waals surface area contributed by atoms with E-state index in [2.05, 4.69) is 16.0 Å². The first-order valence-electron chi connectivity index (χ1n) is 11.2. The van der Waals surface area contributed by atoms with Gasteiger partial charge in [-0.1, -0.05) is 48.5 Å². The summed E-state index contributed by atoms with van der Waals surface area (Å²) in [6.45, 7) is 4.46. The van der Waals surface area contributed by atoms with Gasteiger partial charge in [0.2, 0.25) is 0 Å². The largest absolute Gasteiger partial charge is 0.379 e. The fourth-order valence-corrected chi connectivity index (χ4v) is 4.46. The van der Waals surface area contributed by atoms with E-state index in [1.807, 2.05) is 72.1 Å². The minimum Gasteiger partial charge on any atom is -0.379 e. The number of anilines is 2. The number of benzene rings is 2. The van der Waals surface area contributed by atoms with Gasteiger partial charge in [0.1, 0.15) is 0 Å². The summed E-state index contributed by atoms with van der Waals surface area (Å²) < 4.78 is 11.6. The molecule has 1 aromatic heterocycles. The van der Waals surface area contributed by atoms with Crippen molar-refractivity contribution in [2.24, 2.45) is 0 Å². The highest BCUT2D eigenvalue weighted by molar-refractivity contribution is 7.09. The van der Waals surface area contributed by atoms with Crippen LogP contribution in [0.2, 0.25) is 0 Å². The van der Waals surface area contributed by atoms with Crippen molar-refractivity contribution in [1.82, 2.24) is 5.32 Å². The first-order chi connectivity index (χ1) is 16.4. The Labute approximate surface area is 203 Å². The highest BCUT2D eigenvalue weighted by Crippen LogP contribution is 2.30. The predicted octanol–water partition coefficient (Wildman–Crippen LogP) is 4.18. The van der Waals surface area contributed by atoms with Gasteiger partial charge in [-0.2, -0.15) is 0 Å². The molecule has 1 aliphatic heterocycles. The van der Waals surface area contributed by atoms with Crippen LogP contribution in [0.3, 0.4) is 0 Å². The maximum atomic E-state index is 13.2. The quantitative estimate of drug-likeness (QED) is 0.429. The highest BCUT2D eigenvalue weighted by Gasteiger charge is 2.48. The number of thiophene rings is 1. The lowest BCUT2D eigenvalue weighted by atomic mass is 10.1. The minimum atomic E-state index is -1.07. The number of amides is 2. The summed E-state index contributed by atoms with van der Waals surface area (Å²) in [6, 6.07) is 21.4. The lowest BCUT2D eigenvalue weighted by molar-refractivity contribution is -0.158. The average Bonchev–Trinajstić information content (AvgIpc) is 3.46. The molecule has 0 saturated carbocycles. The third-order valence-electron chi connectivity index (χ3n) is 5.37. The summed E-state index contributed by atoms with van der Waals surface area (Å²) in [4.78, 5) is 27.2. The maximum absolute atomic E-state index is 13.2. The molecule has 8 heteroatoms. The van der Waals surface area contributed by atoms with E-state index in [4.69, 9.17) is 9.47 Å². The normalized spacial score (nSPS) is 18.9. The Kier molecular flexibility index (Phi) is 7.62. The molecule has 2 amide bonds. The smallest absolute Gasteiger partial charge is 0.256 e. The zero-order chi connectivity index (χ0) is 24.0.